The standard InChI is InChI=1S/C24H26N2O4S/c1-15(23-16(2)26-24(31-23)18-9-7-6-8-10-18)25-21(27)12-11-17-13-19(28-3)22(30-5)20(14-17)29-4/h6-15H,1-5H3,(H,25,27). The van der Waals surface area contributed by atoms with E-state index in [-0.39, 0.29) is 11.9 Å². The molecule has 2 aromatic carbocycles. The van der Waals surface area contributed by atoms with E-state index in [9.17, 15) is 4.79 Å². The number of methoxy groups -OCH3 is 3. The lowest BCUT2D eigenvalue weighted by molar-refractivity contribution is -0.117. The highest BCUT2D eigenvalue weighted by atomic mass is 32.1. The minimum absolute atomic E-state index is 0.160. The molecule has 3 aromatic rings. The van der Waals surface area contributed by atoms with Crippen molar-refractivity contribution >= 4 is 23.3 Å². The topological polar surface area (TPSA) is 69.7 Å². The van der Waals surface area contributed by atoms with Gasteiger partial charge in [-0.05, 0) is 37.6 Å². The molecule has 0 aliphatic carbocycles. The lowest BCUT2D eigenvalue weighted by Crippen LogP contribution is -2.24. The second-order valence-electron chi connectivity index (χ2n) is 6.86. The summed E-state index contributed by atoms with van der Waals surface area (Å²) >= 11 is 1.59. The molecule has 1 amide bonds. The molecule has 1 unspecified atom stereocenters. The van der Waals surface area contributed by atoms with E-state index in [0.717, 1.165) is 26.7 Å². The number of carbonyl (C=O) groups excluding carboxylic acids is 1. The minimum atomic E-state index is -0.199. The number of ether oxygens (including phenoxy) is 3. The fourth-order valence-electron chi connectivity index (χ4n) is 3.21. The smallest absolute Gasteiger partial charge is 0.244 e. The number of amides is 1. The SMILES string of the molecule is COc1cc(C=CC(=O)NC(C)c2sc(-c3ccccc3)nc2C)cc(OC)c1OC. The third kappa shape index (κ3) is 5.24. The summed E-state index contributed by atoms with van der Waals surface area (Å²) in [7, 11) is 4.66. The Bertz CT molecular complexity index is 1050. The molecule has 6 nitrogen and oxygen atoms in total. The number of hydrogen-bond donors (Lipinski definition) is 1. The monoisotopic (exact) mass is 438 g/mol. The van der Waals surface area contributed by atoms with Gasteiger partial charge in [0.05, 0.1) is 37.9 Å². The maximum atomic E-state index is 12.5. The predicted molar refractivity (Wildman–Crippen MR) is 124 cm³/mol. The number of carbonyl (C=O) groups is 1. The average Bonchev–Trinajstić information content (AvgIpc) is 3.19. The van der Waals surface area contributed by atoms with Gasteiger partial charge in [0.2, 0.25) is 11.7 Å². The van der Waals surface area contributed by atoms with Gasteiger partial charge in [-0.15, -0.1) is 11.3 Å². The first kappa shape index (κ1) is 22.4. The van der Waals surface area contributed by atoms with Crippen LogP contribution >= 0.6 is 11.3 Å². The summed E-state index contributed by atoms with van der Waals surface area (Å²) in [5, 5.41) is 3.96. The third-order valence-electron chi connectivity index (χ3n) is 4.72. The van der Waals surface area contributed by atoms with Gasteiger partial charge in [-0.2, -0.15) is 0 Å². The maximum Gasteiger partial charge on any atom is 0.244 e. The fraction of sp³-hybridized carbons (Fsp3) is 0.250. The van der Waals surface area contributed by atoms with Gasteiger partial charge in [-0.25, -0.2) is 4.98 Å². The van der Waals surface area contributed by atoms with Crippen LogP contribution in [0.1, 0.15) is 29.1 Å². The van der Waals surface area contributed by atoms with Crippen LogP contribution in [0.4, 0.5) is 0 Å². The Morgan fingerprint density at radius 3 is 2.29 bits per heavy atom. The number of benzene rings is 2. The Morgan fingerprint density at radius 2 is 1.71 bits per heavy atom. The molecule has 0 fully saturated rings. The summed E-state index contributed by atoms with van der Waals surface area (Å²) in [4.78, 5) is 18.2. The first-order chi connectivity index (χ1) is 15.0. The number of aryl methyl sites for hydroxylation is 1. The van der Waals surface area contributed by atoms with Gasteiger partial charge in [0.25, 0.3) is 0 Å². The zero-order valence-corrected chi connectivity index (χ0v) is 19.1. The largest absolute Gasteiger partial charge is 0.493 e. The van der Waals surface area contributed by atoms with Crippen LogP contribution in [-0.2, 0) is 4.79 Å². The molecule has 1 aromatic heterocycles. The van der Waals surface area contributed by atoms with Crippen LogP contribution < -0.4 is 19.5 Å². The zero-order chi connectivity index (χ0) is 22.4. The molecule has 0 aliphatic heterocycles. The number of nitrogens with zero attached hydrogens (tertiary/aromatic N) is 1. The van der Waals surface area contributed by atoms with Crippen molar-refractivity contribution in [1.29, 1.82) is 0 Å². The molecular weight excluding hydrogens is 412 g/mol. The highest BCUT2D eigenvalue weighted by Gasteiger charge is 2.17. The second-order valence-corrected chi connectivity index (χ2v) is 7.89. The molecule has 0 spiro atoms. The van der Waals surface area contributed by atoms with E-state index in [1.165, 1.54) is 6.08 Å². The van der Waals surface area contributed by atoms with Crippen LogP contribution in [0.25, 0.3) is 16.6 Å². The zero-order valence-electron chi connectivity index (χ0n) is 18.3. The van der Waals surface area contributed by atoms with E-state index in [2.05, 4.69) is 10.3 Å². The number of nitrogens with one attached hydrogen (secondary N) is 1. The maximum absolute atomic E-state index is 12.5. The molecule has 1 atom stereocenters. The molecule has 0 saturated carbocycles. The van der Waals surface area contributed by atoms with Crippen LogP contribution in [0.2, 0.25) is 0 Å². The first-order valence-corrected chi connectivity index (χ1v) is 10.6. The van der Waals surface area contributed by atoms with Crippen molar-refractivity contribution in [3.8, 4) is 27.8 Å². The van der Waals surface area contributed by atoms with Crippen molar-refractivity contribution in [3.05, 3.63) is 64.7 Å². The molecule has 1 N–H and O–H groups in total. The summed E-state index contributed by atoms with van der Waals surface area (Å²) in [6.07, 6.45) is 3.20. The Labute approximate surface area is 186 Å². The highest BCUT2D eigenvalue weighted by molar-refractivity contribution is 7.15. The van der Waals surface area contributed by atoms with E-state index in [1.54, 1.807) is 50.9 Å². The average molecular weight is 439 g/mol. The lowest BCUT2D eigenvalue weighted by Gasteiger charge is -2.13. The van der Waals surface area contributed by atoms with Crippen LogP contribution in [0.3, 0.4) is 0 Å². The van der Waals surface area contributed by atoms with Crippen LogP contribution in [-0.4, -0.2) is 32.2 Å². The minimum Gasteiger partial charge on any atom is -0.493 e. The molecule has 0 radical (unpaired) electrons. The van der Waals surface area contributed by atoms with Crippen LogP contribution in [0.5, 0.6) is 17.2 Å². The number of aromatic nitrogens is 1. The van der Waals surface area contributed by atoms with Gasteiger partial charge in [0, 0.05) is 11.6 Å². The Hall–Kier alpha value is -3.32. The summed E-state index contributed by atoms with van der Waals surface area (Å²) in [5.41, 5.74) is 2.76. The van der Waals surface area contributed by atoms with Gasteiger partial charge in [0.1, 0.15) is 5.01 Å². The quantitative estimate of drug-likeness (QED) is 0.499. The van der Waals surface area contributed by atoms with Gasteiger partial charge in [0.15, 0.2) is 11.5 Å². The van der Waals surface area contributed by atoms with Gasteiger partial charge in [-0.1, -0.05) is 30.3 Å². The van der Waals surface area contributed by atoms with Gasteiger partial charge in [-0.3, -0.25) is 4.79 Å². The van der Waals surface area contributed by atoms with Crippen molar-refractivity contribution in [1.82, 2.24) is 10.3 Å². The normalized spacial score (nSPS) is 11.9. The van der Waals surface area contributed by atoms with E-state index >= 15 is 0 Å². The molecular formula is C24H26N2O4S. The summed E-state index contributed by atoms with van der Waals surface area (Å²) in [6, 6.07) is 13.4. The fourth-order valence-corrected chi connectivity index (χ4v) is 4.28. The number of hydrogen-bond acceptors (Lipinski definition) is 6. The molecule has 162 valence electrons. The molecule has 0 saturated heterocycles. The summed E-state index contributed by atoms with van der Waals surface area (Å²) in [5.74, 6) is 1.37. The Morgan fingerprint density at radius 1 is 1.06 bits per heavy atom. The number of rotatable bonds is 8. The lowest BCUT2D eigenvalue weighted by atomic mass is 10.1. The van der Waals surface area contributed by atoms with E-state index in [1.807, 2.05) is 44.2 Å². The first-order valence-electron chi connectivity index (χ1n) is 9.78. The molecule has 3 rings (SSSR count). The molecule has 0 bridgehead atoms. The molecule has 1 heterocycles. The van der Waals surface area contributed by atoms with Crippen molar-refractivity contribution < 1.29 is 19.0 Å². The molecule has 31 heavy (non-hydrogen) atoms. The molecule has 0 aliphatic rings. The number of thiazole rings is 1. The predicted octanol–water partition coefficient (Wildman–Crippen LogP) is 5.03. The summed E-state index contributed by atoms with van der Waals surface area (Å²) in [6.45, 7) is 3.92. The van der Waals surface area contributed by atoms with E-state index < -0.39 is 0 Å². The van der Waals surface area contributed by atoms with Crippen LogP contribution in [0, 0.1) is 6.92 Å². The van der Waals surface area contributed by atoms with Crippen molar-refractivity contribution in [2.75, 3.05) is 21.3 Å². The van der Waals surface area contributed by atoms with Gasteiger partial charge >= 0.3 is 0 Å². The highest BCUT2D eigenvalue weighted by Crippen LogP contribution is 2.38. The van der Waals surface area contributed by atoms with Crippen LogP contribution in [0.15, 0.2) is 48.5 Å². The van der Waals surface area contributed by atoms with E-state index in [4.69, 9.17) is 14.2 Å². The van der Waals surface area contributed by atoms with Crippen molar-refractivity contribution in [2.24, 2.45) is 0 Å². The summed E-state index contributed by atoms with van der Waals surface area (Å²) < 4.78 is 16.0. The van der Waals surface area contributed by atoms with Gasteiger partial charge < -0.3 is 19.5 Å². The second kappa shape index (κ2) is 10.1. The Balaban J connectivity index is 1.72. The molecule has 7 heteroatoms. The Kier molecular flexibility index (Phi) is 7.31. The van der Waals surface area contributed by atoms with Crippen molar-refractivity contribution in [3.63, 3.8) is 0 Å². The van der Waals surface area contributed by atoms with Crippen molar-refractivity contribution in [2.45, 2.75) is 19.9 Å². The van der Waals surface area contributed by atoms with E-state index in [0.29, 0.717) is 17.2 Å². The third-order valence-corrected chi connectivity index (χ3v) is 6.11.